The molecule has 3 rings (SSSR count). The molecule has 2 aliphatic carbocycles. The highest BCUT2D eigenvalue weighted by atomic mass is 31.1. The maximum absolute atomic E-state index is 12.7. The van der Waals surface area contributed by atoms with Gasteiger partial charge in [-0.2, -0.15) is 0 Å². The molecule has 0 N–H and O–H groups in total. The van der Waals surface area contributed by atoms with E-state index in [0.29, 0.717) is 18.1 Å². The molecule has 3 atom stereocenters. The van der Waals surface area contributed by atoms with Crippen molar-refractivity contribution in [3.05, 3.63) is 30.3 Å². The summed E-state index contributed by atoms with van der Waals surface area (Å²) in [7, 11) is -2.55. The van der Waals surface area contributed by atoms with Crippen molar-refractivity contribution in [1.29, 1.82) is 0 Å². The molecule has 5 nitrogen and oxygen atoms in total. The maximum Gasteiger partial charge on any atom is 0.221 e. The van der Waals surface area contributed by atoms with Crippen LogP contribution in [-0.4, -0.2) is 24.0 Å². The lowest BCUT2D eigenvalue weighted by molar-refractivity contribution is -0.149. The van der Waals surface area contributed by atoms with E-state index in [4.69, 9.17) is 4.52 Å². The van der Waals surface area contributed by atoms with Gasteiger partial charge in [0.1, 0.15) is 12.0 Å². The van der Waals surface area contributed by atoms with E-state index in [2.05, 4.69) is 0 Å². The average Bonchev–Trinajstić information content (AvgIpc) is 2.89. The Bertz CT molecular complexity index is 709. The average molecular weight is 334 g/mol. The lowest BCUT2D eigenvalue weighted by Crippen LogP contribution is -2.46. The van der Waals surface area contributed by atoms with E-state index in [0.717, 1.165) is 0 Å². The molecule has 0 radical (unpaired) electrons. The summed E-state index contributed by atoms with van der Waals surface area (Å²) in [6.45, 7) is 3.19. The molecule has 3 unspecified atom stereocenters. The summed E-state index contributed by atoms with van der Waals surface area (Å²) < 4.78 is 17.4. The van der Waals surface area contributed by atoms with Gasteiger partial charge in [-0.25, -0.2) is 0 Å². The third-order valence-corrected chi connectivity index (χ3v) is 6.74. The molecule has 2 bridgehead atoms. The molecular weight excluding hydrogens is 315 g/mol. The fraction of sp³-hybridized carbons (Fsp3) is 0.471. The van der Waals surface area contributed by atoms with E-state index in [-0.39, 0.29) is 5.92 Å². The van der Waals surface area contributed by atoms with Crippen LogP contribution in [-0.2, 0) is 23.5 Å². The monoisotopic (exact) mass is 334 g/mol. The lowest BCUT2D eigenvalue weighted by atomic mass is 9.66. The number of hydrogen-bond acceptors (Lipinski definition) is 5. The van der Waals surface area contributed by atoms with Crippen LogP contribution < -0.4 is 5.30 Å². The normalized spacial score (nSPS) is 29.7. The number of benzene rings is 1. The Morgan fingerprint density at radius 1 is 1.26 bits per heavy atom. The van der Waals surface area contributed by atoms with Gasteiger partial charge in [0.05, 0.1) is 0 Å². The zero-order valence-corrected chi connectivity index (χ0v) is 14.1. The Kier molecular flexibility index (Phi) is 3.89. The highest BCUT2D eigenvalue weighted by Crippen LogP contribution is 2.62. The first-order valence-corrected chi connectivity index (χ1v) is 8.98. The van der Waals surface area contributed by atoms with Crippen molar-refractivity contribution >= 4 is 30.7 Å². The Hall–Kier alpha value is -1.58. The van der Waals surface area contributed by atoms with Crippen molar-refractivity contribution in [3.8, 4) is 0 Å². The SMILES string of the molecule is CC1(C)C2CCC1(C(=O)CO[PH](=O)c1ccccc1)C(=O)C2=O. The van der Waals surface area contributed by atoms with Crippen LogP contribution in [0, 0.1) is 16.7 Å². The first-order chi connectivity index (χ1) is 10.8. The van der Waals surface area contributed by atoms with Gasteiger partial charge < -0.3 is 4.52 Å². The molecule has 1 aromatic rings. The van der Waals surface area contributed by atoms with Crippen molar-refractivity contribution < 1.29 is 23.5 Å². The van der Waals surface area contributed by atoms with Crippen LogP contribution in [0.1, 0.15) is 26.7 Å². The van der Waals surface area contributed by atoms with E-state index in [1.807, 2.05) is 0 Å². The zero-order chi connectivity index (χ0) is 16.8. The van der Waals surface area contributed by atoms with Gasteiger partial charge in [0.25, 0.3) is 0 Å². The van der Waals surface area contributed by atoms with E-state index in [1.54, 1.807) is 44.2 Å². The molecule has 0 aromatic heterocycles. The highest BCUT2D eigenvalue weighted by molar-refractivity contribution is 7.48. The third kappa shape index (κ3) is 2.18. The summed E-state index contributed by atoms with van der Waals surface area (Å²) in [5, 5.41) is 0.528. The summed E-state index contributed by atoms with van der Waals surface area (Å²) in [6.07, 6.45) is 0.931. The number of fused-ring (bicyclic) bond motifs is 2. The predicted octanol–water partition coefficient (Wildman–Crippen LogP) is 1.95. The molecule has 1 aromatic carbocycles. The standard InChI is InChI=1S/C17H19O5P/c1-16(2)12-8-9-17(16,15(20)14(12)19)13(18)10-22-23(21)11-6-4-3-5-7-11/h3-7,12,23H,8-10H2,1-2H3. The number of rotatable bonds is 5. The second kappa shape index (κ2) is 5.50. The Balaban J connectivity index is 1.77. The van der Waals surface area contributed by atoms with Crippen molar-refractivity contribution in [3.63, 3.8) is 0 Å². The molecule has 122 valence electrons. The summed E-state index contributed by atoms with van der Waals surface area (Å²) >= 11 is 0. The van der Waals surface area contributed by atoms with Crippen molar-refractivity contribution in [1.82, 2.24) is 0 Å². The van der Waals surface area contributed by atoms with Gasteiger partial charge in [0.2, 0.25) is 19.6 Å². The minimum atomic E-state index is -2.55. The summed E-state index contributed by atoms with van der Waals surface area (Å²) in [6, 6.07) is 8.62. The number of hydrogen-bond donors (Lipinski definition) is 0. The van der Waals surface area contributed by atoms with E-state index >= 15 is 0 Å². The molecule has 0 heterocycles. The Morgan fingerprint density at radius 3 is 2.48 bits per heavy atom. The number of carbonyl (C=O) groups is 3. The summed E-state index contributed by atoms with van der Waals surface area (Å²) in [4.78, 5) is 37.1. The number of Topliss-reactive ketones (excluding diaryl/α,β-unsaturated/α-hetero) is 3. The molecule has 0 amide bonds. The molecule has 2 saturated carbocycles. The molecule has 2 fully saturated rings. The second-order valence-electron chi connectivity index (χ2n) is 6.78. The van der Waals surface area contributed by atoms with E-state index < -0.39 is 42.8 Å². The second-order valence-corrected chi connectivity index (χ2v) is 8.22. The van der Waals surface area contributed by atoms with Gasteiger partial charge in [-0.05, 0) is 30.4 Å². The molecule has 0 saturated heterocycles. The smallest absolute Gasteiger partial charge is 0.221 e. The van der Waals surface area contributed by atoms with Crippen LogP contribution in [0.4, 0.5) is 0 Å². The van der Waals surface area contributed by atoms with Gasteiger partial charge in [0, 0.05) is 11.2 Å². The van der Waals surface area contributed by atoms with Crippen LogP contribution >= 0.6 is 8.03 Å². The fourth-order valence-corrected chi connectivity index (χ4v) is 5.01. The first-order valence-electron chi connectivity index (χ1n) is 7.66. The molecule has 0 aliphatic heterocycles. The molecular formula is C17H19O5P. The van der Waals surface area contributed by atoms with E-state index in [1.165, 1.54) is 0 Å². The van der Waals surface area contributed by atoms with Gasteiger partial charge >= 0.3 is 0 Å². The van der Waals surface area contributed by atoms with Crippen LogP contribution in [0.3, 0.4) is 0 Å². The molecule has 23 heavy (non-hydrogen) atoms. The van der Waals surface area contributed by atoms with E-state index in [9.17, 15) is 18.9 Å². The van der Waals surface area contributed by atoms with Gasteiger partial charge in [0.15, 0.2) is 5.78 Å². The summed E-state index contributed by atoms with van der Waals surface area (Å²) in [5.74, 6) is -1.84. The van der Waals surface area contributed by atoms with Crippen molar-refractivity contribution in [2.75, 3.05) is 6.61 Å². The van der Waals surface area contributed by atoms with Gasteiger partial charge in [-0.1, -0.05) is 32.0 Å². The van der Waals surface area contributed by atoms with Crippen LogP contribution in [0.15, 0.2) is 30.3 Å². The quantitative estimate of drug-likeness (QED) is 0.467. The van der Waals surface area contributed by atoms with Gasteiger partial charge in [-0.3, -0.25) is 18.9 Å². The largest absolute Gasteiger partial charge is 0.319 e. The number of carbonyl (C=O) groups excluding carboxylic acids is 3. The maximum atomic E-state index is 12.7. The molecule has 0 spiro atoms. The van der Waals surface area contributed by atoms with Gasteiger partial charge in [-0.15, -0.1) is 0 Å². The molecule has 6 heteroatoms. The topological polar surface area (TPSA) is 77.5 Å². The third-order valence-electron chi connectivity index (χ3n) is 5.53. The zero-order valence-electron chi connectivity index (χ0n) is 13.1. The summed E-state index contributed by atoms with van der Waals surface area (Å²) in [5.41, 5.74) is -1.99. The predicted molar refractivity (Wildman–Crippen MR) is 85.0 cm³/mol. The van der Waals surface area contributed by atoms with Crippen LogP contribution in [0.2, 0.25) is 0 Å². The van der Waals surface area contributed by atoms with Crippen LogP contribution in [0.25, 0.3) is 0 Å². The first kappa shape index (κ1) is 16.3. The fourth-order valence-electron chi connectivity index (χ4n) is 4.11. The Labute approximate surface area is 135 Å². The van der Waals surface area contributed by atoms with Crippen LogP contribution in [0.5, 0.6) is 0 Å². The highest BCUT2D eigenvalue weighted by Gasteiger charge is 2.72. The molecule has 2 aliphatic rings. The Morgan fingerprint density at radius 2 is 1.91 bits per heavy atom. The van der Waals surface area contributed by atoms with Crippen molar-refractivity contribution in [2.45, 2.75) is 26.7 Å². The lowest BCUT2D eigenvalue weighted by Gasteiger charge is -2.33. The van der Waals surface area contributed by atoms with Crippen molar-refractivity contribution in [2.24, 2.45) is 16.7 Å². The number of ketones is 3. The minimum Gasteiger partial charge on any atom is -0.319 e. The minimum absolute atomic E-state index is 0.379.